The van der Waals surface area contributed by atoms with Crippen LogP contribution in [0.5, 0.6) is 0 Å². The maximum Gasteiger partial charge on any atom is 0.255 e. The molecule has 36 heavy (non-hydrogen) atoms. The van der Waals surface area contributed by atoms with Gasteiger partial charge in [0.25, 0.3) is 5.91 Å². The van der Waals surface area contributed by atoms with Gasteiger partial charge in [-0.2, -0.15) is 0 Å². The van der Waals surface area contributed by atoms with Crippen LogP contribution in [0.15, 0.2) is 60.0 Å². The summed E-state index contributed by atoms with van der Waals surface area (Å²) in [5.41, 5.74) is 9.81. The molecule has 3 aromatic rings. The highest BCUT2D eigenvalue weighted by Crippen LogP contribution is 2.36. The predicted octanol–water partition coefficient (Wildman–Crippen LogP) is 6.23. The van der Waals surface area contributed by atoms with E-state index < -0.39 is 0 Å². The molecule has 0 spiro atoms. The fourth-order valence-corrected chi connectivity index (χ4v) is 6.06. The summed E-state index contributed by atoms with van der Waals surface area (Å²) < 4.78 is 0. The van der Waals surface area contributed by atoms with Gasteiger partial charge in [0.1, 0.15) is 0 Å². The van der Waals surface area contributed by atoms with Crippen LogP contribution in [-0.2, 0) is 4.79 Å². The number of carbonyl (C=O) groups excluding carboxylic acids is 2. The highest BCUT2D eigenvalue weighted by Gasteiger charge is 2.36. The van der Waals surface area contributed by atoms with E-state index in [1.165, 1.54) is 0 Å². The van der Waals surface area contributed by atoms with E-state index >= 15 is 0 Å². The van der Waals surface area contributed by atoms with Crippen molar-refractivity contribution in [1.82, 2.24) is 4.90 Å². The van der Waals surface area contributed by atoms with Crippen LogP contribution in [-0.4, -0.2) is 35.3 Å². The lowest BCUT2D eigenvalue weighted by Gasteiger charge is -2.39. The zero-order valence-electron chi connectivity index (χ0n) is 20.8. The molecule has 1 saturated heterocycles. The van der Waals surface area contributed by atoms with Crippen molar-refractivity contribution in [3.8, 4) is 10.4 Å². The van der Waals surface area contributed by atoms with Crippen molar-refractivity contribution in [2.75, 3.05) is 29.5 Å². The number of carbonyl (C=O) groups is 2. The molecular formula is C29H34N4O2S. The molecule has 1 saturated carbocycles. The SMILES string of the molecule is CC1(Nc2ccc(C(=O)Nc3cc(-c4cccs4)ccc3N)cc2)CCC(C(=O)N2CCCC2)CC1. The molecule has 0 radical (unpaired) electrons. The maximum atomic E-state index is 12.9. The van der Waals surface area contributed by atoms with Crippen LogP contribution in [0.3, 0.4) is 0 Å². The molecule has 2 aromatic carbocycles. The Morgan fingerprint density at radius 3 is 2.42 bits per heavy atom. The Balaban J connectivity index is 1.18. The molecule has 2 fully saturated rings. The van der Waals surface area contributed by atoms with Crippen LogP contribution < -0.4 is 16.4 Å². The highest BCUT2D eigenvalue weighted by molar-refractivity contribution is 7.13. The third kappa shape index (κ3) is 5.41. The summed E-state index contributed by atoms with van der Waals surface area (Å²) in [6.45, 7) is 4.09. The Morgan fingerprint density at radius 1 is 1.03 bits per heavy atom. The van der Waals surface area contributed by atoms with Gasteiger partial charge in [-0.05, 0) is 98.9 Å². The van der Waals surface area contributed by atoms with Gasteiger partial charge >= 0.3 is 0 Å². The lowest BCUT2D eigenvalue weighted by molar-refractivity contribution is -0.135. The number of hydrogen-bond donors (Lipinski definition) is 3. The van der Waals surface area contributed by atoms with E-state index in [1.807, 2.05) is 60.0 Å². The molecule has 0 unspecified atom stereocenters. The van der Waals surface area contributed by atoms with E-state index in [1.54, 1.807) is 11.3 Å². The first-order valence-electron chi connectivity index (χ1n) is 12.8. The van der Waals surface area contributed by atoms with Crippen LogP contribution in [0.25, 0.3) is 10.4 Å². The first-order chi connectivity index (χ1) is 17.4. The summed E-state index contributed by atoms with van der Waals surface area (Å²) in [6.07, 6.45) is 6.04. The number of thiophene rings is 1. The molecule has 188 valence electrons. The normalized spacial score (nSPS) is 21.8. The minimum atomic E-state index is -0.191. The molecular weight excluding hydrogens is 468 g/mol. The Kier molecular flexibility index (Phi) is 7.01. The van der Waals surface area contributed by atoms with Crippen molar-refractivity contribution >= 4 is 40.2 Å². The second-order valence-electron chi connectivity index (χ2n) is 10.3. The number of benzene rings is 2. The smallest absolute Gasteiger partial charge is 0.255 e. The molecule has 4 N–H and O–H groups in total. The van der Waals surface area contributed by atoms with Gasteiger partial charge in [-0.25, -0.2) is 0 Å². The number of likely N-dealkylation sites (tertiary alicyclic amines) is 1. The number of rotatable bonds is 6. The van der Waals surface area contributed by atoms with Crippen LogP contribution in [0.1, 0.15) is 55.8 Å². The van der Waals surface area contributed by atoms with Crippen LogP contribution in [0, 0.1) is 5.92 Å². The molecule has 1 aliphatic heterocycles. The number of anilines is 3. The fraction of sp³-hybridized carbons (Fsp3) is 0.379. The Bertz CT molecular complexity index is 1210. The van der Waals surface area contributed by atoms with E-state index in [-0.39, 0.29) is 17.4 Å². The van der Waals surface area contributed by atoms with Crippen molar-refractivity contribution in [1.29, 1.82) is 0 Å². The van der Waals surface area contributed by atoms with Gasteiger partial charge in [0.15, 0.2) is 0 Å². The minimum Gasteiger partial charge on any atom is -0.397 e. The number of nitrogens with one attached hydrogen (secondary N) is 2. The molecule has 0 atom stereocenters. The van der Waals surface area contributed by atoms with Gasteiger partial charge in [0, 0.05) is 40.7 Å². The summed E-state index contributed by atoms with van der Waals surface area (Å²) >= 11 is 1.65. The quantitative estimate of drug-likeness (QED) is 0.349. The monoisotopic (exact) mass is 502 g/mol. The highest BCUT2D eigenvalue weighted by atomic mass is 32.1. The van der Waals surface area contributed by atoms with E-state index in [2.05, 4.69) is 22.5 Å². The van der Waals surface area contributed by atoms with Crippen LogP contribution in [0.4, 0.5) is 17.1 Å². The lowest BCUT2D eigenvalue weighted by atomic mass is 9.77. The first kappa shape index (κ1) is 24.4. The fourth-order valence-electron chi connectivity index (χ4n) is 5.33. The average molecular weight is 503 g/mol. The van der Waals surface area contributed by atoms with Crippen molar-refractivity contribution in [3.05, 3.63) is 65.5 Å². The van der Waals surface area contributed by atoms with Gasteiger partial charge in [-0.1, -0.05) is 12.1 Å². The largest absolute Gasteiger partial charge is 0.397 e. The van der Waals surface area contributed by atoms with Gasteiger partial charge in [0.2, 0.25) is 5.91 Å². The number of nitrogens with two attached hydrogens (primary N) is 1. The number of amides is 2. The Hall–Kier alpha value is -3.32. The molecule has 1 aliphatic carbocycles. The molecule has 0 bridgehead atoms. The Labute approximate surface area is 216 Å². The van der Waals surface area contributed by atoms with E-state index in [0.717, 1.165) is 67.7 Å². The predicted molar refractivity (Wildman–Crippen MR) is 148 cm³/mol. The number of nitrogens with zero attached hydrogens (tertiary/aromatic N) is 1. The minimum absolute atomic E-state index is 0.0533. The van der Waals surface area contributed by atoms with Gasteiger partial charge < -0.3 is 21.3 Å². The van der Waals surface area contributed by atoms with Gasteiger partial charge in [0.05, 0.1) is 11.4 Å². The molecule has 2 aliphatic rings. The zero-order chi connectivity index (χ0) is 25.1. The second kappa shape index (κ2) is 10.3. The standard InChI is InChI=1S/C29H34N4O2S/c1-29(14-12-21(13-15-29)28(35)33-16-2-3-17-33)32-23-9-6-20(7-10-23)27(34)31-25-19-22(8-11-24(25)30)26-5-4-18-36-26/h4-11,18-19,21,32H,2-3,12-17,30H2,1H3,(H,31,34). The molecule has 6 nitrogen and oxygen atoms in total. The van der Waals surface area contributed by atoms with Gasteiger partial charge in [-0.3, -0.25) is 9.59 Å². The third-order valence-corrected chi connectivity index (χ3v) is 8.48. The molecule has 2 heterocycles. The van der Waals surface area contributed by atoms with Crippen LogP contribution in [0.2, 0.25) is 0 Å². The van der Waals surface area contributed by atoms with Gasteiger partial charge in [-0.15, -0.1) is 11.3 Å². The Morgan fingerprint density at radius 2 is 1.75 bits per heavy atom. The van der Waals surface area contributed by atoms with E-state index in [9.17, 15) is 9.59 Å². The van der Waals surface area contributed by atoms with E-state index in [4.69, 9.17) is 5.73 Å². The summed E-state index contributed by atoms with van der Waals surface area (Å²) in [7, 11) is 0. The topological polar surface area (TPSA) is 87.5 Å². The van der Waals surface area contributed by atoms with Crippen molar-refractivity contribution < 1.29 is 9.59 Å². The summed E-state index contributed by atoms with van der Waals surface area (Å²) in [6, 6.07) is 17.3. The average Bonchev–Trinajstić information content (AvgIpc) is 3.61. The number of hydrogen-bond acceptors (Lipinski definition) is 5. The summed E-state index contributed by atoms with van der Waals surface area (Å²) in [4.78, 5) is 28.9. The van der Waals surface area contributed by atoms with Crippen LogP contribution >= 0.6 is 11.3 Å². The summed E-state index contributed by atoms with van der Waals surface area (Å²) in [5.74, 6) is 0.324. The lowest BCUT2D eigenvalue weighted by Crippen LogP contribution is -2.43. The second-order valence-corrected chi connectivity index (χ2v) is 11.3. The molecule has 5 rings (SSSR count). The number of nitrogen functional groups attached to an aromatic ring is 1. The van der Waals surface area contributed by atoms with Crippen molar-refractivity contribution in [3.63, 3.8) is 0 Å². The third-order valence-electron chi connectivity index (χ3n) is 7.56. The van der Waals surface area contributed by atoms with Crippen molar-refractivity contribution in [2.24, 2.45) is 5.92 Å². The van der Waals surface area contributed by atoms with Crippen molar-refractivity contribution in [2.45, 2.75) is 51.0 Å². The molecule has 1 aromatic heterocycles. The molecule has 2 amide bonds. The summed E-state index contributed by atoms with van der Waals surface area (Å²) in [5, 5.41) is 8.65. The molecule has 7 heteroatoms. The van der Waals surface area contributed by atoms with E-state index in [0.29, 0.717) is 22.8 Å². The zero-order valence-corrected chi connectivity index (χ0v) is 21.6. The maximum absolute atomic E-state index is 12.9. The first-order valence-corrected chi connectivity index (χ1v) is 13.7.